The molecule has 0 aliphatic heterocycles. The predicted octanol–water partition coefficient (Wildman–Crippen LogP) is 2.36. The summed E-state index contributed by atoms with van der Waals surface area (Å²) in [5.74, 6) is -2.83. The minimum atomic E-state index is -4.69. The highest BCUT2D eigenvalue weighted by atomic mass is 32.1. The van der Waals surface area contributed by atoms with Crippen LogP contribution in [0.3, 0.4) is 0 Å². The van der Waals surface area contributed by atoms with Gasteiger partial charge in [0.2, 0.25) is 11.6 Å². The molecular weight excluding hydrogens is 323 g/mol. The number of ketones is 1. The first-order valence-electron chi connectivity index (χ1n) is 5.94. The van der Waals surface area contributed by atoms with Crippen molar-refractivity contribution in [1.29, 1.82) is 0 Å². The first kappa shape index (κ1) is 16.1. The number of amides is 1. The highest BCUT2D eigenvalue weighted by Crippen LogP contribution is 2.31. The van der Waals surface area contributed by atoms with Gasteiger partial charge in [-0.1, -0.05) is 5.16 Å². The lowest BCUT2D eigenvalue weighted by Gasteiger charge is -2.13. The Morgan fingerprint density at radius 2 is 2.05 bits per heavy atom. The van der Waals surface area contributed by atoms with Crippen LogP contribution >= 0.6 is 11.3 Å². The molecule has 10 heteroatoms. The number of likely N-dealkylation sites (N-methyl/N-ethyl adjacent to an activating group) is 1. The van der Waals surface area contributed by atoms with Crippen molar-refractivity contribution < 1.29 is 27.3 Å². The summed E-state index contributed by atoms with van der Waals surface area (Å²) in [6.07, 6.45) is -4.69. The molecule has 0 aliphatic carbocycles. The molecule has 2 heterocycles. The molecule has 118 valence electrons. The van der Waals surface area contributed by atoms with E-state index in [1.54, 1.807) is 6.07 Å². The summed E-state index contributed by atoms with van der Waals surface area (Å²) in [5, 5.41) is 3.28. The molecule has 0 saturated heterocycles. The van der Waals surface area contributed by atoms with Crippen molar-refractivity contribution in [1.82, 2.24) is 15.0 Å². The lowest BCUT2D eigenvalue weighted by molar-refractivity contribution is -0.159. The maximum Gasteiger partial charge on any atom is 0.471 e. The zero-order chi connectivity index (χ0) is 16.5. The largest absolute Gasteiger partial charge is 0.471 e. The van der Waals surface area contributed by atoms with E-state index in [0.29, 0.717) is 9.75 Å². The molecule has 0 aromatic carbocycles. The third kappa shape index (κ3) is 3.50. The lowest BCUT2D eigenvalue weighted by atomic mass is 10.3. The van der Waals surface area contributed by atoms with E-state index in [0.717, 1.165) is 18.3 Å². The number of Topliss-reactive ketones (excluding diaryl/α,β-unsaturated/α-hetero) is 1. The summed E-state index contributed by atoms with van der Waals surface area (Å²) >= 11 is 1.11. The predicted molar refractivity (Wildman–Crippen MR) is 69.8 cm³/mol. The molecule has 0 aliphatic rings. The van der Waals surface area contributed by atoms with Gasteiger partial charge in [0.25, 0.3) is 5.91 Å². The van der Waals surface area contributed by atoms with Gasteiger partial charge in [-0.25, -0.2) is 0 Å². The Morgan fingerprint density at radius 1 is 1.36 bits per heavy atom. The van der Waals surface area contributed by atoms with E-state index >= 15 is 0 Å². The maximum absolute atomic E-state index is 12.4. The van der Waals surface area contributed by atoms with Crippen LogP contribution in [0.15, 0.2) is 16.7 Å². The van der Waals surface area contributed by atoms with E-state index in [-0.39, 0.29) is 12.4 Å². The van der Waals surface area contributed by atoms with Crippen LogP contribution in [0.2, 0.25) is 0 Å². The second-order valence-corrected chi connectivity index (χ2v) is 5.57. The molecule has 0 atom stereocenters. The average molecular weight is 333 g/mol. The zero-order valence-corrected chi connectivity index (χ0v) is 12.3. The van der Waals surface area contributed by atoms with Crippen LogP contribution < -0.4 is 0 Å². The van der Waals surface area contributed by atoms with Gasteiger partial charge < -0.3 is 9.42 Å². The molecule has 0 unspecified atom stereocenters. The van der Waals surface area contributed by atoms with Gasteiger partial charge in [0, 0.05) is 18.8 Å². The van der Waals surface area contributed by atoms with Gasteiger partial charge in [-0.2, -0.15) is 18.2 Å². The molecule has 22 heavy (non-hydrogen) atoms. The van der Waals surface area contributed by atoms with Gasteiger partial charge in [-0.3, -0.25) is 9.59 Å². The number of alkyl halides is 3. The van der Waals surface area contributed by atoms with Gasteiger partial charge in [-0.05, 0) is 12.1 Å². The van der Waals surface area contributed by atoms with Crippen LogP contribution in [0.5, 0.6) is 0 Å². The fourth-order valence-electron chi connectivity index (χ4n) is 1.60. The Kier molecular flexibility index (Phi) is 4.31. The summed E-state index contributed by atoms with van der Waals surface area (Å²) < 4.78 is 41.3. The molecule has 2 rings (SSSR count). The molecule has 0 radical (unpaired) electrons. The molecule has 0 fully saturated rings. The number of carbonyl (C=O) groups is 2. The van der Waals surface area contributed by atoms with Crippen LogP contribution in [0.25, 0.3) is 10.7 Å². The first-order valence-corrected chi connectivity index (χ1v) is 6.76. The van der Waals surface area contributed by atoms with Gasteiger partial charge in [0.1, 0.15) is 0 Å². The number of nitrogens with zero attached hydrogens (tertiary/aromatic N) is 3. The van der Waals surface area contributed by atoms with Gasteiger partial charge in [0.05, 0.1) is 11.4 Å². The Labute approximate surface area is 126 Å². The summed E-state index contributed by atoms with van der Waals surface area (Å²) in [4.78, 5) is 28.0. The van der Waals surface area contributed by atoms with Crippen molar-refractivity contribution in [2.45, 2.75) is 19.6 Å². The Morgan fingerprint density at radius 3 is 2.59 bits per heavy atom. The molecule has 0 spiro atoms. The monoisotopic (exact) mass is 333 g/mol. The maximum atomic E-state index is 12.4. The van der Waals surface area contributed by atoms with E-state index in [9.17, 15) is 22.8 Å². The van der Waals surface area contributed by atoms with Gasteiger partial charge in [-0.15, -0.1) is 11.3 Å². The Hall–Kier alpha value is -2.23. The average Bonchev–Trinajstić information content (AvgIpc) is 3.04. The van der Waals surface area contributed by atoms with E-state index < -0.39 is 23.8 Å². The number of hydrogen-bond donors (Lipinski definition) is 0. The van der Waals surface area contributed by atoms with Gasteiger partial charge in [0.15, 0.2) is 0 Å². The second kappa shape index (κ2) is 5.87. The highest BCUT2D eigenvalue weighted by Gasteiger charge is 2.38. The molecular formula is C12H10F3N3O3S. The SMILES string of the molecule is CC(=O)C(=O)N(C)Cc1ccc(-c2noc(C(F)(F)F)n2)s1. The fourth-order valence-corrected chi connectivity index (χ4v) is 2.58. The molecule has 2 aromatic heterocycles. The zero-order valence-electron chi connectivity index (χ0n) is 11.5. The Bertz CT molecular complexity index is 708. The van der Waals surface area contributed by atoms with Crippen LogP contribution in [0.4, 0.5) is 13.2 Å². The Balaban J connectivity index is 2.13. The van der Waals surface area contributed by atoms with Gasteiger partial charge >= 0.3 is 12.1 Å². The number of thiophene rings is 1. The standard InChI is InChI=1S/C12H10F3N3O3S/c1-6(19)10(20)18(2)5-7-3-4-8(22-7)9-16-11(21-17-9)12(13,14)15/h3-4H,5H2,1-2H3. The molecule has 0 bridgehead atoms. The number of hydrogen-bond acceptors (Lipinski definition) is 6. The smallest absolute Gasteiger partial charge is 0.334 e. The number of carbonyl (C=O) groups excluding carboxylic acids is 2. The van der Waals surface area contributed by atoms with Crippen molar-refractivity contribution in [2.24, 2.45) is 0 Å². The third-order valence-electron chi connectivity index (χ3n) is 2.59. The number of rotatable bonds is 4. The van der Waals surface area contributed by atoms with Crippen LogP contribution in [-0.2, 0) is 22.3 Å². The molecule has 6 nitrogen and oxygen atoms in total. The highest BCUT2D eigenvalue weighted by molar-refractivity contribution is 7.15. The van der Waals surface area contributed by atoms with E-state index in [4.69, 9.17) is 0 Å². The molecule has 2 aromatic rings. The molecule has 0 N–H and O–H groups in total. The van der Waals surface area contributed by atoms with Crippen LogP contribution in [-0.4, -0.2) is 33.8 Å². The topological polar surface area (TPSA) is 76.3 Å². The first-order chi connectivity index (χ1) is 10.2. The lowest BCUT2D eigenvalue weighted by Crippen LogP contribution is -2.30. The second-order valence-electron chi connectivity index (χ2n) is 4.40. The quantitative estimate of drug-likeness (QED) is 0.803. The fraction of sp³-hybridized carbons (Fsp3) is 0.333. The van der Waals surface area contributed by atoms with Crippen molar-refractivity contribution >= 4 is 23.0 Å². The van der Waals surface area contributed by atoms with Crippen molar-refractivity contribution in [3.05, 3.63) is 22.9 Å². The molecule has 1 amide bonds. The summed E-state index contributed by atoms with van der Waals surface area (Å²) in [7, 11) is 1.46. The van der Waals surface area contributed by atoms with E-state index in [2.05, 4.69) is 14.7 Å². The van der Waals surface area contributed by atoms with E-state index in [1.165, 1.54) is 18.0 Å². The normalized spacial score (nSPS) is 11.5. The minimum absolute atomic E-state index is 0.160. The summed E-state index contributed by atoms with van der Waals surface area (Å²) in [6.45, 7) is 1.32. The van der Waals surface area contributed by atoms with Crippen molar-refractivity contribution in [3.63, 3.8) is 0 Å². The van der Waals surface area contributed by atoms with Crippen molar-refractivity contribution in [2.75, 3.05) is 7.05 Å². The number of halogens is 3. The number of aromatic nitrogens is 2. The van der Waals surface area contributed by atoms with Crippen LogP contribution in [0.1, 0.15) is 17.7 Å². The van der Waals surface area contributed by atoms with Crippen LogP contribution in [0, 0.1) is 0 Å². The van der Waals surface area contributed by atoms with E-state index in [1.807, 2.05) is 0 Å². The molecule has 0 saturated carbocycles. The summed E-state index contributed by atoms with van der Waals surface area (Å²) in [5.41, 5.74) is 0. The summed E-state index contributed by atoms with van der Waals surface area (Å²) in [6, 6.07) is 3.14. The van der Waals surface area contributed by atoms with Crippen molar-refractivity contribution in [3.8, 4) is 10.7 Å². The third-order valence-corrected chi connectivity index (χ3v) is 3.66. The minimum Gasteiger partial charge on any atom is -0.334 e.